The number of cyclic esters (lactones) is 2. The van der Waals surface area contributed by atoms with Crippen LogP contribution in [-0.4, -0.2) is 114 Å². The molecule has 1 heterocycles. The molecule has 2 aromatic carbocycles. The van der Waals surface area contributed by atoms with Crippen LogP contribution in [-0.2, 0) is 14.3 Å². The van der Waals surface area contributed by atoms with Gasteiger partial charge in [0.25, 0.3) is 0 Å². The molecular formula is C31H40O17. The van der Waals surface area contributed by atoms with Gasteiger partial charge in [-0.15, -0.1) is 0 Å². The van der Waals surface area contributed by atoms with Crippen molar-refractivity contribution < 1.29 is 84.3 Å². The Bertz CT molecular complexity index is 1340. The second kappa shape index (κ2) is 23.1. The van der Waals surface area contributed by atoms with Gasteiger partial charge >= 0.3 is 41.8 Å². The van der Waals surface area contributed by atoms with E-state index < -0.39 is 47.9 Å². The molecule has 1 unspecified atom stereocenters. The van der Waals surface area contributed by atoms with Crippen LogP contribution in [0.25, 0.3) is 0 Å². The summed E-state index contributed by atoms with van der Waals surface area (Å²) < 4.78 is 4.30. The number of esters is 2. The quantitative estimate of drug-likeness (QED) is 0.0926. The van der Waals surface area contributed by atoms with E-state index in [0.717, 1.165) is 12.1 Å². The summed E-state index contributed by atoms with van der Waals surface area (Å²) in [6, 6.07) is 8.85. The first-order valence-electron chi connectivity index (χ1n) is 13.9. The lowest BCUT2D eigenvalue weighted by Crippen LogP contribution is -2.20. The molecule has 0 amide bonds. The molecule has 48 heavy (non-hydrogen) atoms. The first-order valence-corrected chi connectivity index (χ1v) is 13.9. The Morgan fingerprint density at radius 2 is 1.04 bits per heavy atom. The minimum atomic E-state index is -1.15. The minimum Gasteiger partial charge on any atom is -0.481 e. The van der Waals surface area contributed by atoms with Crippen molar-refractivity contribution in [2.75, 3.05) is 19.8 Å². The molecule has 1 atom stereocenters. The van der Waals surface area contributed by atoms with E-state index in [2.05, 4.69) is 4.74 Å². The predicted octanol–water partition coefficient (Wildman–Crippen LogP) is 1.85. The van der Waals surface area contributed by atoms with Crippen LogP contribution in [0.1, 0.15) is 98.2 Å². The van der Waals surface area contributed by atoms with Crippen molar-refractivity contribution in [2.45, 2.75) is 52.6 Å². The summed E-state index contributed by atoms with van der Waals surface area (Å²) in [5.74, 6) is -6.68. The second-order valence-corrected chi connectivity index (χ2v) is 10.4. The van der Waals surface area contributed by atoms with Crippen LogP contribution in [0.3, 0.4) is 0 Å². The van der Waals surface area contributed by atoms with Gasteiger partial charge in [0.15, 0.2) is 0 Å². The Morgan fingerprint density at radius 3 is 1.35 bits per heavy atom. The maximum Gasteiger partial charge on any atom is 0.346 e. The smallest absolute Gasteiger partial charge is 0.346 e. The van der Waals surface area contributed by atoms with Gasteiger partial charge in [0, 0.05) is 18.3 Å². The van der Waals surface area contributed by atoms with Crippen LogP contribution >= 0.6 is 0 Å². The number of aliphatic hydroxyl groups excluding tert-OH is 4. The fraction of sp³-hybridized carbons (Fsp3) is 0.387. The van der Waals surface area contributed by atoms with E-state index >= 15 is 0 Å². The zero-order valence-corrected chi connectivity index (χ0v) is 26.4. The molecule has 0 aromatic heterocycles. The number of ether oxygens (including phenoxy) is 1. The topological polar surface area (TPSA) is 311 Å². The number of carbonyl (C=O) groups excluding carboxylic acids is 2. The molecule has 9 N–H and O–H groups in total. The predicted molar refractivity (Wildman–Crippen MR) is 164 cm³/mol. The van der Waals surface area contributed by atoms with E-state index in [0.29, 0.717) is 12.8 Å². The van der Waals surface area contributed by atoms with Gasteiger partial charge in [0.2, 0.25) is 0 Å². The maximum atomic E-state index is 11.0. The SMILES string of the molecule is CC(C)(CO)CO.CC(O)CO.O=C(O)CCCCC(=O)O.O=C(O)c1ccc2c(c1)C(=O)OC2=O.O=C(O)c1cccc(C(=O)O)c1. The summed E-state index contributed by atoms with van der Waals surface area (Å²) in [6.45, 7) is 5.08. The van der Waals surface area contributed by atoms with E-state index in [-0.39, 0.29) is 65.9 Å². The average Bonchev–Trinajstić information content (AvgIpc) is 3.32. The average molecular weight is 685 g/mol. The largest absolute Gasteiger partial charge is 0.481 e. The molecule has 0 spiro atoms. The number of carbonyl (C=O) groups is 7. The van der Waals surface area contributed by atoms with Crippen LogP contribution in [0, 0.1) is 5.41 Å². The fourth-order valence-electron chi connectivity index (χ4n) is 2.61. The molecule has 17 nitrogen and oxygen atoms in total. The number of hydrogen-bond acceptors (Lipinski definition) is 12. The zero-order chi connectivity index (χ0) is 37.6. The summed E-state index contributed by atoms with van der Waals surface area (Å²) in [4.78, 5) is 73.1. The van der Waals surface area contributed by atoms with Gasteiger partial charge in [0.05, 0.1) is 53.7 Å². The van der Waals surface area contributed by atoms with E-state index in [1.807, 2.05) is 0 Å². The van der Waals surface area contributed by atoms with Gasteiger partial charge in [-0.25, -0.2) is 24.0 Å². The van der Waals surface area contributed by atoms with Crippen molar-refractivity contribution in [3.05, 3.63) is 70.3 Å². The van der Waals surface area contributed by atoms with Crippen LogP contribution in [0.5, 0.6) is 0 Å². The number of aliphatic carboxylic acids is 2. The number of aromatic carboxylic acids is 3. The Kier molecular flexibility index (Phi) is 21.6. The summed E-state index contributed by atoms with van der Waals surface area (Å²) in [7, 11) is 0. The fourth-order valence-corrected chi connectivity index (χ4v) is 2.61. The summed E-state index contributed by atoms with van der Waals surface area (Å²) in [5.41, 5.74) is -0.268. The van der Waals surface area contributed by atoms with Crippen molar-refractivity contribution in [2.24, 2.45) is 5.41 Å². The normalized spacial score (nSPS) is 11.6. The molecule has 0 aliphatic carbocycles. The van der Waals surface area contributed by atoms with Crippen molar-refractivity contribution in [3.63, 3.8) is 0 Å². The Labute approximate surface area is 274 Å². The molecule has 1 aliphatic rings. The third-order valence-electron chi connectivity index (χ3n) is 5.40. The van der Waals surface area contributed by atoms with Gasteiger partial charge in [-0.1, -0.05) is 19.9 Å². The Morgan fingerprint density at radius 1 is 0.667 bits per heavy atom. The summed E-state index contributed by atoms with van der Waals surface area (Å²) in [5, 5.41) is 74.8. The van der Waals surface area contributed by atoms with E-state index in [9.17, 15) is 33.6 Å². The molecular weight excluding hydrogens is 644 g/mol. The van der Waals surface area contributed by atoms with Gasteiger partial charge in [-0.05, 0) is 56.2 Å². The van der Waals surface area contributed by atoms with Gasteiger partial charge in [-0.2, -0.15) is 0 Å². The number of carboxylic acids is 5. The molecule has 0 radical (unpaired) electrons. The number of unbranched alkanes of at least 4 members (excludes halogenated alkanes) is 1. The lowest BCUT2D eigenvalue weighted by atomic mass is 9.97. The Hall–Kier alpha value is -5.23. The first-order chi connectivity index (χ1) is 22.2. The molecule has 0 saturated carbocycles. The van der Waals surface area contributed by atoms with Gasteiger partial charge < -0.3 is 50.7 Å². The number of aliphatic hydroxyl groups is 4. The van der Waals surface area contributed by atoms with E-state index in [4.69, 9.17) is 46.0 Å². The lowest BCUT2D eigenvalue weighted by molar-refractivity contribution is -0.139. The number of rotatable bonds is 11. The second-order valence-electron chi connectivity index (χ2n) is 10.4. The number of hydrogen-bond donors (Lipinski definition) is 9. The maximum absolute atomic E-state index is 11.0. The highest BCUT2D eigenvalue weighted by atomic mass is 16.6. The molecule has 3 rings (SSSR count). The number of carboxylic acid groups (broad SMARTS) is 5. The molecule has 266 valence electrons. The van der Waals surface area contributed by atoms with Crippen molar-refractivity contribution >= 4 is 41.8 Å². The van der Waals surface area contributed by atoms with Crippen LogP contribution in [0.2, 0.25) is 0 Å². The van der Waals surface area contributed by atoms with E-state index in [1.54, 1.807) is 13.8 Å². The highest BCUT2D eigenvalue weighted by Gasteiger charge is 2.30. The summed E-state index contributed by atoms with van der Waals surface area (Å²) in [6.07, 6.45) is 0.457. The monoisotopic (exact) mass is 684 g/mol. The van der Waals surface area contributed by atoms with Crippen LogP contribution in [0.15, 0.2) is 42.5 Å². The molecule has 2 aromatic rings. The third-order valence-corrected chi connectivity index (χ3v) is 5.40. The van der Waals surface area contributed by atoms with Crippen molar-refractivity contribution in [1.29, 1.82) is 0 Å². The highest BCUT2D eigenvalue weighted by Crippen LogP contribution is 2.21. The number of fused-ring (bicyclic) bond motifs is 1. The van der Waals surface area contributed by atoms with Crippen LogP contribution in [0.4, 0.5) is 0 Å². The molecule has 1 aliphatic heterocycles. The lowest BCUT2D eigenvalue weighted by Gasteiger charge is -2.16. The standard InChI is InChI=1S/C9H4O5.C8H6O4.C6H10O4.C5H12O2.C3H8O2/c10-7(11)4-1-2-5-6(3-4)9(13)14-8(5)12;9-7(10)5-2-1-3-6(4-5)8(11)12;7-5(8)3-1-2-4-6(9)10;1-5(2,3-6)4-7;1-3(5)2-4/h1-3H,(H,10,11);1-4H,(H,9,10)(H,11,12);1-4H2,(H,7,8)(H,9,10);6-7H,3-4H2,1-2H3;3-5H,2H2,1H3. The zero-order valence-electron chi connectivity index (χ0n) is 26.4. The molecule has 0 saturated heterocycles. The van der Waals surface area contributed by atoms with Gasteiger partial charge in [0.1, 0.15) is 0 Å². The van der Waals surface area contributed by atoms with Crippen molar-refractivity contribution in [3.8, 4) is 0 Å². The molecule has 17 heteroatoms. The van der Waals surface area contributed by atoms with Crippen molar-refractivity contribution in [1.82, 2.24) is 0 Å². The Balaban J connectivity index is 0. The molecule has 0 fully saturated rings. The molecule has 0 bridgehead atoms. The minimum absolute atomic E-state index is 0.00917. The van der Waals surface area contributed by atoms with Crippen LogP contribution < -0.4 is 0 Å². The summed E-state index contributed by atoms with van der Waals surface area (Å²) >= 11 is 0. The number of benzene rings is 2. The van der Waals surface area contributed by atoms with E-state index in [1.165, 1.54) is 37.3 Å². The third kappa shape index (κ3) is 20.0. The highest BCUT2D eigenvalue weighted by molar-refractivity contribution is 6.15. The van der Waals surface area contributed by atoms with Gasteiger partial charge in [-0.3, -0.25) is 9.59 Å². The first kappa shape index (κ1) is 44.9.